The molecule has 0 radical (unpaired) electrons. The van der Waals surface area contributed by atoms with Crippen molar-refractivity contribution in [1.82, 2.24) is 0 Å². The summed E-state index contributed by atoms with van der Waals surface area (Å²) in [6.07, 6.45) is 0.836. The smallest absolute Gasteiger partial charge is 0.236 e. The van der Waals surface area contributed by atoms with E-state index in [0.29, 0.717) is 0 Å². The highest BCUT2D eigenvalue weighted by molar-refractivity contribution is 8.13. The molecule has 0 aliphatic heterocycles. The summed E-state index contributed by atoms with van der Waals surface area (Å²) in [4.78, 5) is -0.560. The average molecular weight is 317 g/mol. The maximum Gasteiger partial charge on any atom is 0.236 e. The third kappa shape index (κ3) is 3.82. The zero-order valence-corrected chi connectivity index (χ0v) is 11.9. The van der Waals surface area contributed by atoms with E-state index in [9.17, 15) is 21.2 Å². The van der Waals surface area contributed by atoms with Gasteiger partial charge in [-0.05, 0) is 6.07 Å². The first-order chi connectivity index (χ1) is 8.04. The van der Waals surface area contributed by atoms with E-state index in [1.54, 1.807) is 0 Å². The molecule has 0 unspecified atom stereocenters. The lowest BCUT2D eigenvalue weighted by atomic mass is 10.2. The van der Waals surface area contributed by atoms with Crippen molar-refractivity contribution in [3.05, 3.63) is 23.5 Å². The predicted molar refractivity (Wildman–Crippen MR) is 64.5 cm³/mol. The third-order valence-electron chi connectivity index (χ3n) is 2.06. The lowest BCUT2D eigenvalue weighted by Crippen LogP contribution is -2.05. The molecule has 0 heterocycles. The largest absolute Gasteiger partial charge is 0.496 e. The van der Waals surface area contributed by atoms with E-state index in [0.717, 1.165) is 18.4 Å². The fraction of sp³-hybridized carbons (Fsp3) is 0.333. The molecule has 1 aromatic carbocycles. The van der Waals surface area contributed by atoms with Crippen LogP contribution in [0.15, 0.2) is 17.0 Å². The molecule has 5 nitrogen and oxygen atoms in total. The second-order valence-electron chi connectivity index (χ2n) is 3.55. The van der Waals surface area contributed by atoms with Gasteiger partial charge in [-0.1, -0.05) is 0 Å². The van der Waals surface area contributed by atoms with Crippen LogP contribution in [0.25, 0.3) is 0 Å². The highest BCUT2D eigenvalue weighted by Crippen LogP contribution is 2.28. The van der Waals surface area contributed by atoms with Gasteiger partial charge in [0.1, 0.15) is 16.5 Å². The number of ether oxygens (including phenoxy) is 1. The molecular formula is C9H10ClFO5S2. The molecule has 0 spiro atoms. The molecule has 0 N–H and O–H groups in total. The first-order valence-corrected chi connectivity index (χ1v) is 8.90. The van der Waals surface area contributed by atoms with Gasteiger partial charge in [0.15, 0.2) is 9.84 Å². The molecule has 0 saturated carbocycles. The zero-order valence-electron chi connectivity index (χ0n) is 9.48. The summed E-state index contributed by atoms with van der Waals surface area (Å²) >= 11 is 0. The van der Waals surface area contributed by atoms with E-state index in [4.69, 9.17) is 15.4 Å². The molecule has 1 rings (SSSR count). The molecule has 102 valence electrons. The number of hydrogen-bond acceptors (Lipinski definition) is 5. The number of halogens is 2. The zero-order chi connectivity index (χ0) is 14.1. The number of sulfone groups is 1. The molecule has 18 heavy (non-hydrogen) atoms. The lowest BCUT2D eigenvalue weighted by Gasteiger charge is -2.10. The molecule has 9 heteroatoms. The fourth-order valence-corrected chi connectivity index (χ4v) is 3.03. The molecule has 0 fully saturated rings. The molecule has 0 amide bonds. The van der Waals surface area contributed by atoms with Crippen molar-refractivity contribution in [2.75, 3.05) is 13.4 Å². The second-order valence-corrected chi connectivity index (χ2v) is 8.31. The minimum Gasteiger partial charge on any atom is -0.496 e. The van der Waals surface area contributed by atoms with Gasteiger partial charge in [-0.3, -0.25) is 0 Å². The Hall–Kier alpha value is -0.860. The van der Waals surface area contributed by atoms with Crippen LogP contribution in [0.4, 0.5) is 4.39 Å². The van der Waals surface area contributed by atoms with Gasteiger partial charge in [0, 0.05) is 28.6 Å². The number of hydrogen-bond donors (Lipinski definition) is 0. The summed E-state index contributed by atoms with van der Waals surface area (Å²) in [5.74, 6) is -1.76. The SMILES string of the molecule is COc1cc(S(C)(=O)=O)c(F)cc1CS(=O)(=O)Cl. The summed E-state index contributed by atoms with van der Waals surface area (Å²) in [5.41, 5.74) is -0.0441. The van der Waals surface area contributed by atoms with Crippen LogP contribution in [-0.2, 0) is 24.6 Å². The van der Waals surface area contributed by atoms with E-state index >= 15 is 0 Å². The molecule has 0 atom stereocenters. The van der Waals surface area contributed by atoms with Crippen molar-refractivity contribution in [3.8, 4) is 5.75 Å². The summed E-state index contributed by atoms with van der Waals surface area (Å²) in [5, 5.41) is 0. The van der Waals surface area contributed by atoms with Crippen LogP contribution in [0.3, 0.4) is 0 Å². The van der Waals surface area contributed by atoms with Crippen molar-refractivity contribution >= 4 is 29.6 Å². The monoisotopic (exact) mass is 316 g/mol. The van der Waals surface area contributed by atoms with E-state index in [1.165, 1.54) is 7.11 Å². The van der Waals surface area contributed by atoms with Crippen molar-refractivity contribution < 1.29 is 26.0 Å². The van der Waals surface area contributed by atoms with Crippen LogP contribution in [-0.4, -0.2) is 30.2 Å². The Morgan fingerprint density at radius 2 is 1.83 bits per heavy atom. The van der Waals surface area contributed by atoms with Gasteiger partial charge in [-0.2, -0.15) is 0 Å². The molecule has 0 bridgehead atoms. The molecule has 0 aliphatic carbocycles. The summed E-state index contributed by atoms with van der Waals surface area (Å²) < 4.78 is 62.8. The minimum atomic E-state index is -3.90. The third-order valence-corrected chi connectivity index (χ3v) is 4.16. The number of rotatable bonds is 4. The quantitative estimate of drug-likeness (QED) is 0.783. The van der Waals surface area contributed by atoms with Crippen molar-refractivity contribution in [2.45, 2.75) is 10.6 Å². The highest BCUT2D eigenvalue weighted by Gasteiger charge is 2.20. The predicted octanol–water partition coefficient (Wildman–Crippen LogP) is 1.31. The van der Waals surface area contributed by atoms with Gasteiger partial charge < -0.3 is 4.74 Å². The standard InChI is InChI=1S/C9H10ClFO5S2/c1-16-8-4-9(17(2,12)13)7(11)3-6(8)5-18(10,14)15/h3-4H,5H2,1-2H3. The van der Waals surface area contributed by atoms with Gasteiger partial charge >= 0.3 is 0 Å². The van der Waals surface area contributed by atoms with E-state index in [2.05, 4.69) is 0 Å². The van der Waals surface area contributed by atoms with E-state index in [-0.39, 0.29) is 11.3 Å². The molecule has 0 saturated heterocycles. The summed E-state index contributed by atoms with van der Waals surface area (Å²) in [6, 6.07) is 1.72. The van der Waals surface area contributed by atoms with Crippen LogP contribution in [0.1, 0.15) is 5.56 Å². The van der Waals surface area contributed by atoms with Crippen molar-refractivity contribution in [3.63, 3.8) is 0 Å². The first-order valence-electron chi connectivity index (χ1n) is 4.53. The molecular weight excluding hydrogens is 307 g/mol. The van der Waals surface area contributed by atoms with Gasteiger partial charge in [0.05, 0.1) is 12.9 Å². The topological polar surface area (TPSA) is 77.5 Å². The van der Waals surface area contributed by atoms with E-state index < -0.39 is 35.4 Å². The molecule has 0 aliphatic rings. The Morgan fingerprint density at radius 3 is 2.22 bits per heavy atom. The maximum absolute atomic E-state index is 13.6. The summed E-state index contributed by atoms with van der Waals surface area (Å²) in [7, 11) is -1.40. The Morgan fingerprint density at radius 1 is 1.28 bits per heavy atom. The van der Waals surface area contributed by atoms with E-state index in [1.807, 2.05) is 0 Å². The van der Waals surface area contributed by atoms with Crippen molar-refractivity contribution in [2.24, 2.45) is 0 Å². The second kappa shape index (κ2) is 5.02. The maximum atomic E-state index is 13.6. The minimum absolute atomic E-state index is 0.0441. The number of methoxy groups -OCH3 is 1. The van der Waals surface area contributed by atoms with Crippen LogP contribution in [0, 0.1) is 5.82 Å². The van der Waals surface area contributed by atoms with Crippen LogP contribution >= 0.6 is 10.7 Å². The fourth-order valence-electron chi connectivity index (χ4n) is 1.35. The van der Waals surface area contributed by atoms with Gasteiger partial charge in [0.25, 0.3) is 0 Å². The Bertz CT molecular complexity index is 666. The Balaban J connectivity index is 3.46. The lowest BCUT2D eigenvalue weighted by molar-refractivity contribution is 0.407. The van der Waals surface area contributed by atoms with Crippen molar-refractivity contribution in [1.29, 1.82) is 0 Å². The average Bonchev–Trinajstić information content (AvgIpc) is 2.13. The summed E-state index contributed by atoms with van der Waals surface area (Å²) in [6.45, 7) is 0. The van der Waals surface area contributed by atoms with Gasteiger partial charge in [0.2, 0.25) is 9.05 Å². The Labute approximate surface area is 109 Å². The normalized spacial score (nSPS) is 12.4. The first kappa shape index (κ1) is 15.2. The van der Waals surface area contributed by atoms with Gasteiger partial charge in [-0.25, -0.2) is 21.2 Å². The number of benzene rings is 1. The van der Waals surface area contributed by atoms with Crippen LogP contribution in [0.5, 0.6) is 5.75 Å². The van der Waals surface area contributed by atoms with Gasteiger partial charge in [-0.15, -0.1) is 0 Å². The van der Waals surface area contributed by atoms with Crippen LogP contribution < -0.4 is 4.74 Å². The molecule has 1 aromatic rings. The molecule has 0 aromatic heterocycles. The highest BCUT2D eigenvalue weighted by atomic mass is 35.7. The Kier molecular flexibility index (Phi) is 4.24. The van der Waals surface area contributed by atoms with Crippen LogP contribution in [0.2, 0.25) is 0 Å².